The number of nitrogens with one attached hydrogen (secondary N) is 1. The molecule has 1 aliphatic rings. The second kappa shape index (κ2) is 5.19. The van der Waals surface area contributed by atoms with Gasteiger partial charge in [-0.3, -0.25) is 14.6 Å². The fourth-order valence-electron chi connectivity index (χ4n) is 2.75. The van der Waals surface area contributed by atoms with Crippen LogP contribution in [0.5, 0.6) is 0 Å². The van der Waals surface area contributed by atoms with Gasteiger partial charge in [0.15, 0.2) is 5.69 Å². The lowest BCUT2D eigenvalue weighted by molar-refractivity contribution is 0.0740. The molecular weight excluding hydrogens is 270 g/mol. The molecule has 1 N–H and O–H groups in total. The topological polar surface area (TPSA) is 82.9 Å². The van der Waals surface area contributed by atoms with Crippen LogP contribution in [0.4, 0.5) is 5.69 Å². The average Bonchev–Trinajstić information content (AvgIpc) is 3.05. The number of piperazine rings is 1. The SMILES string of the molecule is Cc1n[nH]c(C)c1N1CCN(C(=O)c2cn(C)nn2)CC1. The fraction of sp³-hybridized carbons (Fsp3) is 0.538. The van der Waals surface area contributed by atoms with Gasteiger partial charge in [-0.15, -0.1) is 5.10 Å². The van der Waals surface area contributed by atoms with Gasteiger partial charge in [0.25, 0.3) is 5.91 Å². The van der Waals surface area contributed by atoms with Crippen molar-refractivity contribution in [3.05, 3.63) is 23.3 Å². The van der Waals surface area contributed by atoms with Crippen LogP contribution in [0.3, 0.4) is 0 Å². The maximum absolute atomic E-state index is 12.3. The molecule has 1 fully saturated rings. The summed E-state index contributed by atoms with van der Waals surface area (Å²) in [6, 6.07) is 0. The number of hydrogen-bond acceptors (Lipinski definition) is 5. The van der Waals surface area contributed by atoms with E-state index in [0.29, 0.717) is 18.8 Å². The summed E-state index contributed by atoms with van der Waals surface area (Å²) in [7, 11) is 1.76. The maximum Gasteiger partial charge on any atom is 0.276 e. The molecule has 0 radical (unpaired) electrons. The lowest BCUT2D eigenvalue weighted by atomic mass is 10.2. The summed E-state index contributed by atoms with van der Waals surface area (Å²) in [5.74, 6) is -0.0524. The van der Waals surface area contributed by atoms with Gasteiger partial charge in [0, 0.05) is 33.2 Å². The number of carbonyl (C=O) groups excluding carboxylic acids is 1. The number of hydrogen-bond donors (Lipinski definition) is 1. The van der Waals surface area contributed by atoms with E-state index in [1.807, 2.05) is 18.7 Å². The molecule has 1 amide bonds. The molecule has 2 aromatic heterocycles. The van der Waals surface area contributed by atoms with E-state index in [4.69, 9.17) is 0 Å². The Hall–Kier alpha value is -2.38. The van der Waals surface area contributed by atoms with Crippen molar-refractivity contribution in [2.75, 3.05) is 31.1 Å². The van der Waals surface area contributed by atoms with Crippen LogP contribution in [0, 0.1) is 13.8 Å². The second-order valence-corrected chi connectivity index (χ2v) is 5.34. The van der Waals surface area contributed by atoms with E-state index in [0.717, 1.165) is 30.2 Å². The Balaban J connectivity index is 1.67. The minimum absolute atomic E-state index is 0.0524. The third-order valence-corrected chi connectivity index (χ3v) is 3.79. The number of amides is 1. The van der Waals surface area contributed by atoms with Crippen molar-refractivity contribution in [3.8, 4) is 0 Å². The molecule has 0 bridgehead atoms. The van der Waals surface area contributed by atoms with Gasteiger partial charge in [0.2, 0.25) is 0 Å². The molecule has 0 atom stereocenters. The Morgan fingerprint density at radius 2 is 1.95 bits per heavy atom. The molecule has 112 valence electrons. The van der Waals surface area contributed by atoms with Crippen molar-refractivity contribution in [3.63, 3.8) is 0 Å². The number of carbonyl (C=O) groups is 1. The summed E-state index contributed by atoms with van der Waals surface area (Å²) in [5.41, 5.74) is 3.63. The Kier molecular flexibility index (Phi) is 3.36. The van der Waals surface area contributed by atoms with Crippen LogP contribution in [0.2, 0.25) is 0 Å². The summed E-state index contributed by atoms with van der Waals surface area (Å²) in [6.07, 6.45) is 1.65. The molecule has 3 rings (SSSR count). The van der Waals surface area contributed by atoms with Crippen LogP contribution in [-0.2, 0) is 7.05 Å². The zero-order valence-corrected chi connectivity index (χ0v) is 12.5. The first-order valence-electron chi connectivity index (χ1n) is 6.98. The highest BCUT2D eigenvalue weighted by Gasteiger charge is 2.25. The van der Waals surface area contributed by atoms with Gasteiger partial charge < -0.3 is 9.80 Å². The van der Waals surface area contributed by atoms with E-state index in [-0.39, 0.29) is 5.91 Å². The largest absolute Gasteiger partial charge is 0.365 e. The molecule has 8 heteroatoms. The van der Waals surface area contributed by atoms with Gasteiger partial charge >= 0.3 is 0 Å². The van der Waals surface area contributed by atoms with Gasteiger partial charge in [-0.05, 0) is 13.8 Å². The standard InChI is InChI=1S/C13H19N7O/c1-9-12(10(2)15-14-9)19-4-6-20(7-5-19)13(21)11-8-18(3)17-16-11/h8H,4-7H2,1-3H3,(H,14,15). The third-order valence-electron chi connectivity index (χ3n) is 3.79. The lowest BCUT2D eigenvalue weighted by Gasteiger charge is -2.35. The predicted molar refractivity (Wildman–Crippen MR) is 77.2 cm³/mol. The van der Waals surface area contributed by atoms with Crippen LogP contribution in [-0.4, -0.2) is 62.2 Å². The fourth-order valence-corrected chi connectivity index (χ4v) is 2.75. The number of aromatic amines is 1. The summed E-state index contributed by atoms with van der Waals surface area (Å²) < 4.78 is 1.54. The Morgan fingerprint density at radius 1 is 1.24 bits per heavy atom. The number of nitrogens with zero attached hydrogens (tertiary/aromatic N) is 6. The highest BCUT2D eigenvalue weighted by Crippen LogP contribution is 2.23. The lowest BCUT2D eigenvalue weighted by Crippen LogP contribution is -2.49. The molecule has 0 unspecified atom stereocenters. The molecule has 1 aliphatic heterocycles. The van der Waals surface area contributed by atoms with Crippen molar-refractivity contribution in [2.45, 2.75) is 13.8 Å². The number of H-pyrrole nitrogens is 1. The average molecular weight is 289 g/mol. The summed E-state index contributed by atoms with van der Waals surface area (Å²) in [6.45, 7) is 6.97. The normalized spacial score (nSPS) is 15.6. The Bertz CT molecular complexity index is 632. The first-order valence-corrected chi connectivity index (χ1v) is 6.98. The zero-order chi connectivity index (χ0) is 15.0. The molecule has 0 saturated carbocycles. The number of aromatic nitrogens is 5. The highest BCUT2D eigenvalue weighted by molar-refractivity contribution is 5.92. The van der Waals surface area contributed by atoms with Crippen molar-refractivity contribution < 1.29 is 4.79 Å². The molecular formula is C13H19N7O. The van der Waals surface area contributed by atoms with Crippen molar-refractivity contribution in [2.24, 2.45) is 7.05 Å². The molecule has 2 aromatic rings. The highest BCUT2D eigenvalue weighted by atomic mass is 16.2. The predicted octanol–water partition coefficient (Wildman–Crippen LogP) is 0.117. The van der Waals surface area contributed by atoms with Crippen molar-refractivity contribution >= 4 is 11.6 Å². The number of aryl methyl sites for hydroxylation is 3. The van der Waals surface area contributed by atoms with E-state index >= 15 is 0 Å². The minimum atomic E-state index is -0.0524. The van der Waals surface area contributed by atoms with Crippen LogP contribution in [0.15, 0.2) is 6.20 Å². The van der Waals surface area contributed by atoms with Crippen molar-refractivity contribution in [1.29, 1.82) is 0 Å². The molecule has 8 nitrogen and oxygen atoms in total. The summed E-state index contributed by atoms with van der Waals surface area (Å²) >= 11 is 0. The van der Waals surface area contributed by atoms with E-state index in [1.165, 1.54) is 0 Å². The molecule has 0 aromatic carbocycles. The van der Waals surface area contributed by atoms with Gasteiger partial charge in [-0.25, -0.2) is 0 Å². The van der Waals surface area contributed by atoms with E-state index in [9.17, 15) is 4.79 Å². The van der Waals surface area contributed by atoms with Crippen LogP contribution < -0.4 is 4.90 Å². The summed E-state index contributed by atoms with van der Waals surface area (Å²) in [4.78, 5) is 16.4. The maximum atomic E-state index is 12.3. The molecule has 3 heterocycles. The van der Waals surface area contributed by atoms with Crippen LogP contribution >= 0.6 is 0 Å². The Labute approximate surface area is 122 Å². The quantitative estimate of drug-likeness (QED) is 0.849. The monoisotopic (exact) mass is 289 g/mol. The van der Waals surface area contributed by atoms with Crippen LogP contribution in [0.1, 0.15) is 21.9 Å². The van der Waals surface area contributed by atoms with E-state index < -0.39 is 0 Å². The minimum Gasteiger partial charge on any atom is -0.365 e. The molecule has 21 heavy (non-hydrogen) atoms. The van der Waals surface area contributed by atoms with Gasteiger partial charge in [0.05, 0.1) is 23.3 Å². The van der Waals surface area contributed by atoms with Crippen molar-refractivity contribution in [1.82, 2.24) is 30.1 Å². The molecule has 0 aliphatic carbocycles. The molecule has 0 spiro atoms. The molecule has 1 saturated heterocycles. The van der Waals surface area contributed by atoms with Gasteiger partial charge in [-0.2, -0.15) is 5.10 Å². The van der Waals surface area contributed by atoms with Crippen LogP contribution in [0.25, 0.3) is 0 Å². The van der Waals surface area contributed by atoms with Gasteiger partial charge in [0.1, 0.15) is 0 Å². The van der Waals surface area contributed by atoms with E-state index in [1.54, 1.807) is 17.9 Å². The number of anilines is 1. The van der Waals surface area contributed by atoms with Gasteiger partial charge in [-0.1, -0.05) is 5.21 Å². The first-order chi connectivity index (χ1) is 10.1. The summed E-state index contributed by atoms with van der Waals surface area (Å²) in [5, 5.41) is 14.9. The third kappa shape index (κ3) is 2.48. The zero-order valence-electron chi connectivity index (χ0n) is 12.5. The smallest absolute Gasteiger partial charge is 0.276 e. The Morgan fingerprint density at radius 3 is 2.48 bits per heavy atom. The van der Waals surface area contributed by atoms with E-state index in [2.05, 4.69) is 25.4 Å². The first kappa shape index (κ1) is 13.6. The number of rotatable bonds is 2. The second-order valence-electron chi connectivity index (χ2n) is 5.34.